The number of methoxy groups -OCH3 is 1. The summed E-state index contributed by atoms with van der Waals surface area (Å²) in [7, 11) is 1.59. The van der Waals surface area contributed by atoms with Crippen molar-refractivity contribution in [2.24, 2.45) is 5.10 Å². The zero-order valence-corrected chi connectivity index (χ0v) is 23.7. The molecule has 196 valence electrons. The molecule has 0 aliphatic heterocycles. The van der Waals surface area contributed by atoms with Crippen molar-refractivity contribution in [2.75, 3.05) is 13.7 Å². The highest BCUT2D eigenvalue weighted by Crippen LogP contribution is 2.31. The summed E-state index contributed by atoms with van der Waals surface area (Å²) in [5.41, 5.74) is 6.94. The van der Waals surface area contributed by atoms with Crippen LogP contribution in [0.1, 0.15) is 55.9 Å². The van der Waals surface area contributed by atoms with Gasteiger partial charge in [0.05, 0.1) is 24.4 Å². The summed E-state index contributed by atoms with van der Waals surface area (Å²) in [6.07, 6.45) is 2.47. The summed E-state index contributed by atoms with van der Waals surface area (Å²) in [5, 5.41) is 4.06. The normalized spacial score (nSPS) is 11.4. The van der Waals surface area contributed by atoms with Gasteiger partial charge in [-0.15, -0.1) is 0 Å². The Balaban J connectivity index is 1.42. The van der Waals surface area contributed by atoms with E-state index < -0.39 is 0 Å². The topological polar surface area (TPSA) is 69.2 Å². The third-order valence-corrected chi connectivity index (χ3v) is 6.33. The number of ether oxygens (including phenoxy) is 3. The second-order valence-corrected chi connectivity index (χ2v) is 10.7. The van der Waals surface area contributed by atoms with E-state index in [2.05, 4.69) is 78.4 Å². The molecule has 3 aromatic carbocycles. The van der Waals surface area contributed by atoms with E-state index in [4.69, 9.17) is 14.2 Å². The molecule has 0 fully saturated rings. The van der Waals surface area contributed by atoms with E-state index in [1.54, 1.807) is 13.3 Å². The van der Waals surface area contributed by atoms with Crippen LogP contribution in [0.4, 0.5) is 0 Å². The monoisotopic (exact) mass is 566 g/mol. The summed E-state index contributed by atoms with van der Waals surface area (Å²) in [6.45, 7) is 9.45. The van der Waals surface area contributed by atoms with Crippen LogP contribution in [0.3, 0.4) is 0 Å². The molecule has 0 aromatic heterocycles. The SMILES string of the molecule is COc1cc(/C=N/NC(=O)CCCOc2ccc(C(C)(C)C)cc2Br)ccc1OCc1ccc(C)cc1. The van der Waals surface area contributed by atoms with Gasteiger partial charge in [0, 0.05) is 6.42 Å². The highest BCUT2D eigenvalue weighted by molar-refractivity contribution is 9.10. The second kappa shape index (κ2) is 13.3. The van der Waals surface area contributed by atoms with Gasteiger partial charge in [0.1, 0.15) is 12.4 Å². The number of amides is 1. The number of hydrogen-bond acceptors (Lipinski definition) is 5. The molecule has 1 amide bonds. The Kier molecular flexibility index (Phi) is 10.1. The van der Waals surface area contributed by atoms with E-state index in [0.717, 1.165) is 21.3 Å². The van der Waals surface area contributed by atoms with Gasteiger partial charge in [-0.05, 0) is 81.7 Å². The molecule has 7 heteroatoms. The molecule has 1 N–H and O–H groups in total. The Morgan fingerprint density at radius 1 is 0.973 bits per heavy atom. The maximum absolute atomic E-state index is 12.2. The molecular formula is C30H35BrN2O4. The number of rotatable bonds is 11. The fraction of sp³-hybridized carbons (Fsp3) is 0.333. The van der Waals surface area contributed by atoms with Crippen molar-refractivity contribution >= 4 is 28.1 Å². The first kappa shape index (κ1) is 28.3. The van der Waals surface area contributed by atoms with Gasteiger partial charge in [-0.25, -0.2) is 5.43 Å². The van der Waals surface area contributed by atoms with Crippen LogP contribution in [0.5, 0.6) is 17.2 Å². The first-order chi connectivity index (χ1) is 17.7. The van der Waals surface area contributed by atoms with E-state index in [0.29, 0.717) is 37.6 Å². The first-order valence-electron chi connectivity index (χ1n) is 12.3. The molecule has 0 spiro atoms. The van der Waals surface area contributed by atoms with E-state index in [-0.39, 0.29) is 11.3 Å². The van der Waals surface area contributed by atoms with Crippen molar-refractivity contribution in [1.82, 2.24) is 5.43 Å². The minimum absolute atomic E-state index is 0.0717. The Morgan fingerprint density at radius 2 is 1.70 bits per heavy atom. The number of carbonyl (C=O) groups is 1. The van der Waals surface area contributed by atoms with Crippen molar-refractivity contribution in [3.63, 3.8) is 0 Å². The fourth-order valence-electron chi connectivity index (χ4n) is 3.46. The lowest BCUT2D eigenvalue weighted by molar-refractivity contribution is -0.121. The van der Waals surface area contributed by atoms with Gasteiger partial charge in [0.15, 0.2) is 11.5 Å². The Bertz CT molecular complexity index is 1220. The zero-order valence-electron chi connectivity index (χ0n) is 22.1. The van der Waals surface area contributed by atoms with Crippen molar-refractivity contribution in [3.05, 3.63) is 87.4 Å². The number of benzene rings is 3. The number of aryl methyl sites for hydroxylation is 1. The van der Waals surface area contributed by atoms with Gasteiger partial charge < -0.3 is 14.2 Å². The molecule has 0 radical (unpaired) electrons. The lowest BCUT2D eigenvalue weighted by Gasteiger charge is -2.20. The Labute approximate surface area is 228 Å². The molecule has 0 aliphatic rings. The number of nitrogens with one attached hydrogen (secondary N) is 1. The van der Waals surface area contributed by atoms with Crippen molar-refractivity contribution in [3.8, 4) is 17.2 Å². The van der Waals surface area contributed by atoms with E-state index in [1.165, 1.54) is 11.1 Å². The predicted octanol–water partition coefficient (Wildman–Crippen LogP) is 6.95. The molecule has 0 unspecified atom stereocenters. The van der Waals surface area contributed by atoms with E-state index in [1.807, 2.05) is 36.4 Å². The third-order valence-electron chi connectivity index (χ3n) is 5.71. The van der Waals surface area contributed by atoms with Crippen LogP contribution in [0, 0.1) is 6.92 Å². The average molecular weight is 568 g/mol. The molecule has 3 rings (SSSR count). The Hall–Kier alpha value is -3.32. The third kappa shape index (κ3) is 8.93. The fourth-order valence-corrected chi connectivity index (χ4v) is 3.96. The minimum Gasteiger partial charge on any atom is -0.493 e. The molecule has 0 heterocycles. The summed E-state index contributed by atoms with van der Waals surface area (Å²) in [5.74, 6) is 1.84. The molecule has 6 nitrogen and oxygen atoms in total. The molecule has 0 aliphatic carbocycles. The maximum atomic E-state index is 12.2. The average Bonchev–Trinajstić information content (AvgIpc) is 2.86. The largest absolute Gasteiger partial charge is 0.493 e. The van der Waals surface area contributed by atoms with Gasteiger partial charge in [0.25, 0.3) is 0 Å². The first-order valence-corrected chi connectivity index (χ1v) is 13.1. The lowest BCUT2D eigenvalue weighted by atomic mass is 9.87. The van der Waals surface area contributed by atoms with Crippen LogP contribution >= 0.6 is 15.9 Å². The number of carbonyl (C=O) groups excluding carboxylic acids is 1. The molecule has 0 saturated heterocycles. The van der Waals surface area contributed by atoms with Crippen molar-refractivity contribution < 1.29 is 19.0 Å². The van der Waals surface area contributed by atoms with Crippen LogP contribution in [0.2, 0.25) is 0 Å². The van der Waals surface area contributed by atoms with E-state index in [9.17, 15) is 4.79 Å². The highest BCUT2D eigenvalue weighted by Gasteiger charge is 2.15. The number of hydrazone groups is 1. The number of halogens is 1. The van der Waals surface area contributed by atoms with Crippen LogP contribution in [0.25, 0.3) is 0 Å². The summed E-state index contributed by atoms with van der Waals surface area (Å²) < 4.78 is 18.1. The van der Waals surface area contributed by atoms with Crippen LogP contribution in [-0.2, 0) is 16.8 Å². The van der Waals surface area contributed by atoms with Crippen LogP contribution in [-0.4, -0.2) is 25.8 Å². The summed E-state index contributed by atoms with van der Waals surface area (Å²) in [4.78, 5) is 12.2. The highest BCUT2D eigenvalue weighted by atomic mass is 79.9. The molecule has 0 atom stereocenters. The maximum Gasteiger partial charge on any atom is 0.240 e. The van der Waals surface area contributed by atoms with Gasteiger partial charge in [-0.2, -0.15) is 5.10 Å². The van der Waals surface area contributed by atoms with E-state index >= 15 is 0 Å². The van der Waals surface area contributed by atoms with Gasteiger partial charge in [-0.3, -0.25) is 4.79 Å². The second-order valence-electron chi connectivity index (χ2n) is 9.82. The summed E-state index contributed by atoms with van der Waals surface area (Å²) in [6, 6.07) is 19.8. The predicted molar refractivity (Wildman–Crippen MR) is 152 cm³/mol. The molecular weight excluding hydrogens is 532 g/mol. The molecule has 0 bridgehead atoms. The quantitative estimate of drug-likeness (QED) is 0.155. The minimum atomic E-state index is -0.174. The van der Waals surface area contributed by atoms with Gasteiger partial charge >= 0.3 is 0 Å². The van der Waals surface area contributed by atoms with Crippen molar-refractivity contribution in [2.45, 2.75) is 52.6 Å². The van der Waals surface area contributed by atoms with Gasteiger partial charge in [-0.1, -0.05) is 56.7 Å². The summed E-state index contributed by atoms with van der Waals surface area (Å²) >= 11 is 3.57. The number of hydrogen-bond donors (Lipinski definition) is 1. The smallest absolute Gasteiger partial charge is 0.240 e. The van der Waals surface area contributed by atoms with Gasteiger partial charge in [0.2, 0.25) is 5.91 Å². The molecule has 3 aromatic rings. The van der Waals surface area contributed by atoms with Crippen molar-refractivity contribution in [1.29, 1.82) is 0 Å². The lowest BCUT2D eigenvalue weighted by Crippen LogP contribution is -2.18. The molecule has 0 saturated carbocycles. The standard InChI is InChI=1S/C30H35BrN2O4/c1-21-8-10-22(11-9-21)20-37-27-14-12-23(17-28(27)35-5)19-32-33-29(34)7-6-16-36-26-15-13-24(18-25(26)31)30(2,3)4/h8-15,17-19H,6-7,16,20H2,1-5H3,(H,33,34)/b32-19+. The van der Waals surface area contributed by atoms with Crippen LogP contribution in [0.15, 0.2) is 70.2 Å². The zero-order chi connectivity index (χ0) is 26.8. The molecule has 37 heavy (non-hydrogen) atoms. The Morgan fingerprint density at radius 3 is 2.38 bits per heavy atom. The number of nitrogens with zero attached hydrogens (tertiary/aromatic N) is 1. The van der Waals surface area contributed by atoms with Crippen LogP contribution < -0.4 is 19.6 Å².